The van der Waals surface area contributed by atoms with Crippen LogP contribution in [-0.4, -0.2) is 30.1 Å². The predicted molar refractivity (Wildman–Crippen MR) is 93.3 cm³/mol. The molecule has 1 aliphatic rings. The number of ether oxygens (including phenoxy) is 2. The lowest BCUT2D eigenvalue weighted by Crippen LogP contribution is -2.32. The van der Waals surface area contributed by atoms with E-state index in [4.69, 9.17) is 9.47 Å². The number of carbonyl (C=O) groups is 1. The Morgan fingerprint density at radius 1 is 1.42 bits per heavy atom. The van der Waals surface area contributed by atoms with E-state index in [1.807, 2.05) is 36.6 Å². The van der Waals surface area contributed by atoms with Gasteiger partial charge in [0.25, 0.3) is 0 Å². The molecule has 128 valence electrons. The van der Waals surface area contributed by atoms with Crippen LogP contribution in [0.4, 0.5) is 0 Å². The molecule has 1 amide bonds. The summed E-state index contributed by atoms with van der Waals surface area (Å²) in [6.07, 6.45) is 2.57. The van der Waals surface area contributed by atoms with Gasteiger partial charge in [0.2, 0.25) is 5.91 Å². The number of amides is 1. The zero-order valence-electron chi connectivity index (χ0n) is 13.8. The highest BCUT2D eigenvalue weighted by atomic mass is 32.1. The van der Waals surface area contributed by atoms with E-state index in [9.17, 15) is 4.79 Å². The minimum absolute atomic E-state index is 0.0122. The van der Waals surface area contributed by atoms with Crippen LogP contribution in [0.15, 0.2) is 29.6 Å². The standard InChI is InChI=1S/C18H22N2O3S/c1-13-4-6-15(7-5-13)23-11-18-20-14(12-24-18)9-17(21)19-10-16-3-2-8-22-16/h4-7,12,16H,2-3,8-11H2,1H3,(H,19,21)/t16-/m0/s1. The van der Waals surface area contributed by atoms with Crippen LogP contribution in [0.2, 0.25) is 0 Å². The van der Waals surface area contributed by atoms with Crippen LogP contribution in [0.3, 0.4) is 0 Å². The van der Waals surface area contributed by atoms with Crippen LogP contribution in [0.1, 0.15) is 29.1 Å². The maximum Gasteiger partial charge on any atom is 0.226 e. The summed E-state index contributed by atoms with van der Waals surface area (Å²) in [7, 11) is 0. The van der Waals surface area contributed by atoms with Crippen molar-refractivity contribution >= 4 is 17.2 Å². The Morgan fingerprint density at radius 2 is 2.25 bits per heavy atom. The number of hydrogen-bond donors (Lipinski definition) is 1. The first-order chi connectivity index (χ1) is 11.7. The molecule has 1 aliphatic heterocycles. The SMILES string of the molecule is Cc1ccc(OCc2nc(CC(=O)NC[C@@H]3CCCO3)cs2)cc1. The van der Waals surface area contributed by atoms with Crippen molar-refractivity contribution < 1.29 is 14.3 Å². The molecule has 0 radical (unpaired) electrons. The minimum atomic E-state index is -0.0122. The molecule has 1 aromatic heterocycles. The van der Waals surface area contributed by atoms with Gasteiger partial charge in [-0.3, -0.25) is 4.79 Å². The third-order valence-electron chi connectivity index (χ3n) is 3.88. The van der Waals surface area contributed by atoms with Crippen molar-refractivity contribution in [3.63, 3.8) is 0 Å². The molecule has 1 N–H and O–H groups in total. The monoisotopic (exact) mass is 346 g/mol. The molecule has 0 spiro atoms. The van der Waals surface area contributed by atoms with Crippen LogP contribution in [0.25, 0.3) is 0 Å². The Kier molecular flexibility index (Phi) is 5.82. The second-order valence-electron chi connectivity index (χ2n) is 5.95. The smallest absolute Gasteiger partial charge is 0.226 e. The summed E-state index contributed by atoms with van der Waals surface area (Å²) >= 11 is 1.52. The fourth-order valence-electron chi connectivity index (χ4n) is 2.54. The van der Waals surface area contributed by atoms with E-state index in [1.165, 1.54) is 16.9 Å². The maximum absolute atomic E-state index is 12.0. The number of benzene rings is 1. The predicted octanol–water partition coefficient (Wildman–Crippen LogP) is 2.87. The number of hydrogen-bond acceptors (Lipinski definition) is 5. The minimum Gasteiger partial charge on any atom is -0.486 e. The zero-order valence-corrected chi connectivity index (χ0v) is 14.6. The molecule has 1 saturated heterocycles. The molecule has 0 aliphatic carbocycles. The van der Waals surface area contributed by atoms with Crippen molar-refractivity contribution in [1.82, 2.24) is 10.3 Å². The number of nitrogens with one attached hydrogen (secondary N) is 1. The van der Waals surface area contributed by atoms with Crippen LogP contribution < -0.4 is 10.1 Å². The normalized spacial score (nSPS) is 17.0. The molecule has 2 heterocycles. The molecule has 2 aromatic rings. The van der Waals surface area contributed by atoms with E-state index in [0.717, 1.165) is 35.9 Å². The number of thiazole rings is 1. The van der Waals surface area contributed by atoms with Crippen molar-refractivity contribution in [2.45, 2.75) is 38.9 Å². The third kappa shape index (κ3) is 5.04. The van der Waals surface area contributed by atoms with Crippen molar-refractivity contribution in [2.75, 3.05) is 13.2 Å². The number of aromatic nitrogens is 1. The van der Waals surface area contributed by atoms with Crippen LogP contribution in [0, 0.1) is 6.92 Å². The summed E-state index contributed by atoms with van der Waals surface area (Å²) in [5.41, 5.74) is 1.99. The van der Waals surface area contributed by atoms with Crippen molar-refractivity contribution in [3.05, 3.63) is 45.9 Å². The Balaban J connectivity index is 1.42. The van der Waals surface area contributed by atoms with E-state index in [0.29, 0.717) is 19.6 Å². The van der Waals surface area contributed by atoms with Gasteiger partial charge in [-0.2, -0.15) is 0 Å². The topological polar surface area (TPSA) is 60.5 Å². The van der Waals surface area contributed by atoms with Gasteiger partial charge in [-0.25, -0.2) is 4.98 Å². The fraction of sp³-hybridized carbons (Fsp3) is 0.444. The highest BCUT2D eigenvalue weighted by Gasteiger charge is 2.16. The van der Waals surface area contributed by atoms with Gasteiger partial charge in [-0.1, -0.05) is 17.7 Å². The summed E-state index contributed by atoms with van der Waals surface area (Å²) < 4.78 is 11.2. The lowest BCUT2D eigenvalue weighted by molar-refractivity contribution is -0.121. The average Bonchev–Trinajstić information content (AvgIpc) is 3.24. The number of nitrogens with zero attached hydrogens (tertiary/aromatic N) is 1. The highest BCUT2D eigenvalue weighted by molar-refractivity contribution is 7.09. The summed E-state index contributed by atoms with van der Waals surface area (Å²) in [6, 6.07) is 7.92. The van der Waals surface area contributed by atoms with Gasteiger partial charge in [-0.15, -0.1) is 11.3 Å². The van der Waals surface area contributed by atoms with Crippen LogP contribution in [-0.2, 0) is 22.6 Å². The zero-order chi connectivity index (χ0) is 16.8. The van der Waals surface area contributed by atoms with Gasteiger partial charge >= 0.3 is 0 Å². The average molecular weight is 346 g/mol. The van der Waals surface area contributed by atoms with Crippen LogP contribution in [0.5, 0.6) is 5.75 Å². The highest BCUT2D eigenvalue weighted by Crippen LogP contribution is 2.16. The second kappa shape index (κ2) is 8.26. The van der Waals surface area contributed by atoms with Gasteiger partial charge in [0.15, 0.2) is 0 Å². The number of carbonyl (C=O) groups excluding carboxylic acids is 1. The maximum atomic E-state index is 12.0. The molecule has 1 atom stereocenters. The molecule has 0 bridgehead atoms. The second-order valence-corrected chi connectivity index (χ2v) is 6.89. The lowest BCUT2D eigenvalue weighted by Gasteiger charge is -2.10. The van der Waals surface area contributed by atoms with Crippen molar-refractivity contribution in [3.8, 4) is 5.75 Å². The quantitative estimate of drug-likeness (QED) is 0.837. The third-order valence-corrected chi connectivity index (χ3v) is 4.75. The number of aryl methyl sites for hydroxylation is 1. The first-order valence-corrected chi connectivity index (χ1v) is 9.08. The van der Waals surface area contributed by atoms with Gasteiger partial charge in [-0.05, 0) is 31.9 Å². The van der Waals surface area contributed by atoms with E-state index in [2.05, 4.69) is 10.3 Å². The van der Waals surface area contributed by atoms with E-state index >= 15 is 0 Å². The molecule has 6 heteroatoms. The molecule has 1 aromatic carbocycles. The van der Waals surface area contributed by atoms with Gasteiger partial charge in [0.05, 0.1) is 18.2 Å². The van der Waals surface area contributed by atoms with Gasteiger partial charge in [0, 0.05) is 18.5 Å². The number of rotatable bonds is 7. The Bertz CT molecular complexity index is 663. The molecule has 3 rings (SSSR count). The van der Waals surface area contributed by atoms with Crippen molar-refractivity contribution in [2.24, 2.45) is 0 Å². The molecule has 5 nitrogen and oxygen atoms in total. The van der Waals surface area contributed by atoms with E-state index < -0.39 is 0 Å². The van der Waals surface area contributed by atoms with E-state index in [1.54, 1.807) is 0 Å². The lowest BCUT2D eigenvalue weighted by atomic mass is 10.2. The van der Waals surface area contributed by atoms with Crippen molar-refractivity contribution in [1.29, 1.82) is 0 Å². The molecule has 1 fully saturated rings. The Morgan fingerprint density at radius 3 is 3.00 bits per heavy atom. The Labute approximate surface area is 146 Å². The first kappa shape index (κ1) is 16.9. The fourth-order valence-corrected chi connectivity index (χ4v) is 3.24. The molecular weight excluding hydrogens is 324 g/mol. The van der Waals surface area contributed by atoms with Gasteiger partial charge < -0.3 is 14.8 Å². The van der Waals surface area contributed by atoms with E-state index in [-0.39, 0.29) is 12.0 Å². The Hall–Kier alpha value is -1.92. The summed E-state index contributed by atoms with van der Waals surface area (Å²) in [4.78, 5) is 16.4. The molecule has 0 unspecified atom stereocenters. The molecule has 0 saturated carbocycles. The summed E-state index contributed by atoms with van der Waals surface area (Å²) in [6.45, 7) is 3.86. The van der Waals surface area contributed by atoms with Crippen LogP contribution >= 0.6 is 11.3 Å². The largest absolute Gasteiger partial charge is 0.486 e. The first-order valence-electron chi connectivity index (χ1n) is 8.20. The van der Waals surface area contributed by atoms with Gasteiger partial charge in [0.1, 0.15) is 17.4 Å². The molecule has 24 heavy (non-hydrogen) atoms. The summed E-state index contributed by atoms with van der Waals surface area (Å²) in [5, 5.41) is 5.70. The molecular formula is C18H22N2O3S. The summed E-state index contributed by atoms with van der Waals surface area (Å²) in [5.74, 6) is 0.813.